The van der Waals surface area contributed by atoms with Crippen LogP contribution in [0.5, 0.6) is 5.75 Å². The minimum Gasteiger partial charge on any atom is -0.494 e. The predicted molar refractivity (Wildman–Crippen MR) is 167 cm³/mol. The molecule has 1 aliphatic heterocycles. The maximum absolute atomic E-state index is 14.2. The van der Waals surface area contributed by atoms with E-state index in [-0.39, 0.29) is 25.3 Å². The van der Waals surface area contributed by atoms with Crippen molar-refractivity contribution in [1.29, 1.82) is 0 Å². The summed E-state index contributed by atoms with van der Waals surface area (Å²) >= 11 is 3.62. The molecule has 228 valence electrons. The fraction of sp³-hybridized carbons (Fsp3) is 0.364. The van der Waals surface area contributed by atoms with Gasteiger partial charge in [0.2, 0.25) is 5.90 Å². The highest BCUT2D eigenvalue weighted by Gasteiger charge is 2.54. The summed E-state index contributed by atoms with van der Waals surface area (Å²) in [6.45, 7) is 6.24. The number of ether oxygens (including phenoxy) is 3. The molecule has 2 atom stereocenters. The van der Waals surface area contributed by atoms with Crippen LogP contribution in [0.25, 0.3) is 0 Å². The summed E-state index contributed by atoms with van der Waals surface area (Å²) < 4.78 is 18.5. The van der Waals surface area contributed by atoms with E-state index in [0.717, 1.165) is 10.0 Å². The highest BCUT2D eigenvalue weighted by Crippen LogP contribution is 2.45. The lowest BCUT2D eigenvalue weighted by Gasteiger charge is -2.31. The number of amides is 1. The fourth-order valence-corrected chi connectivity index (χ4v) is 5.14. The van der Waals surface area contributed by atoms with Crippen LogP contribution < -0.4 is 15.6 Å². The van der Waals surface area contributed by atoms with Crippen molar-refractivity contribution in [2.45, 2.75) is 63.8 Å². The molecular weight excluding hydrogens is 614 g/mol. The largest absolute Gasteiger partial charge is 0.494 e. The summed E-state index contributed by atoms with van der Waals surface area (Å²) in [5.41, 5.74) is 6.02. The minimum absolute atomic E-state index is 0.0403. The van der Waals surface area contributed by atoms with Gasteiger partial charge >= 0.3 is 5.97 Å². The second-order valence-electron chi connectivity index (χ2n) is 11.2. The SMILES string of the molecule is CC(C)(C)OC(=O)CC[C@]1(C(=O)NNCc2ccccc2)N=C(c2ccc(OCCCO)cc2)O[C@H]1c1ccccc1Br. The summed E-state index contributed by atoms with van der Waals surface area (Å²) in [7, 11) is 0. The van der Waals surface area contributed by atoms with Crippen LogP contribution in [-0.2, 0) is 25.6 Å². The number of hydrogen-bond acceptors (Lipinski definition) is 8. The number of aliphatic hydroxyl groups excluding tert-OH is 1. The zero-order chi connectivity index (χ0) is 30.9. The van der Waals surface area contributed by atoms with E-state index in [0.29, 0.717) is 36.4 Å². The number of carbonyl (C=O) groups is 2. The van der Waals surface area contributed by atoms with E-state index in [1.165, 1.54) is 0 Å². The Kier molecular flexibility index (Phi) is 11.0. The van der Waals surface area contributed by atoms with Crippen molar-refractivity contribution < 1.29 is 28.9 Å². The Balaban J connectivity index is 1.69. The van der Waals surface area contributed by atoms with Gasteiger partial charge in [-0.1, -0.05) is 64.5 Å². The number of rotatable bonds is 13. The second-order valence-corrected chi connectivity index (χ2v) is 12.0. The van der Waals surface area contributed by atoms with Crippen molar-refractivity contribution in [3.63, 3.8) is 0 Å². The van der Waals surface area contributed by atoms with Crippen LogP contribution in [0.1, 0.15) is 62.8 Å². The number of nitrogens with zero attached hydrogens (tertiary/aromatic N) is 1. The highest BCUT2D eigenvalue weighted by molar-refractivity contribution is 9.10. The third kappa shape index (κ3) is 8.65. The van der Waals surface area contributed by atoms with Crippen LogP contribution in [0.3, 0.4) is 0 Å². The smallest absolute Gasteiger partial charge is 0.306 e. The van der Waals surface area contributed by atoms with Crippen molar-refractivity contribution in [2.24, 2.45) is 4.99 Å². The molecule has 0 saturated carbocycles. The van der Waals surface area contributed by atoms with Crippen molar-refractivity contribution in [1.82, 2.24) is 10.9 Å². The van der Waals surface area contributed by atoms with Crippen LogP contribution in [-0.4, -0.2) is 47.2 Å². The Labute approximate surface area is 260 Å². The first-order valence-electron chi connectivity index (χ1n) is 14.3. The number of esters is 1. The first-order chi connectivity index (χ1) is 20.6. The zero-order valence-corrected chi connectivity index (χ0v) is 26.2. The average molecular weight is 653 g/mol. The van der Waals surface area contributed by atoms with E-state index in [9.17, 15) is 9.59 Å². The number of hydrazine groups is 1. The van der Waals surface area contributed by atoms with E-state index in [1.54, 1.807) is 45.0 Å². The maximum atomic E-state index is 14.2. The van der Waals surface area contributed by atoms with Crippen molar-refractivity contribution in [2.75, 3.05) is 13.2 Å². The molecule has 0 fully saturated rings. The summed E-state index contributed by atoms with van der Waals surface area (Å²) in [4.78, 5) is 32.0. The summed E-state index contributed by atoms with van der Waals surface area (Å²) in [6, 6.07) is 24.4. The van der Waals surface area contributed by atoms with E-state index in [1.807, 2.05) is 54.6 Å². The van der Waals surface area contributed by atoms with Gasteiger partial charge in [0, 0.05) is 41.6 Å². The molecule has 4 rings (SSSR count). The Morgan fingerprint density at radius 3 is 2.40 bits per heavy atom. The van der Waals surface area contributed by atoms with Crippen LogP contribution in [0.15, 0.2) is 88.3 Å². The molecule has 1 amide bonds. The Morgan fingerprint density at radius 2 is 1.72 bits per heavy atom. The molecule has 0 spiro atoms. The van der Waals surface area contributed by atoms with Gasteiger partial charge in [-0.25, -0.2) is 10.4 Å². The Bertz CT molecular complexity index is 1410. The molecule has 3 N–H and O–H groups in total. The van der Waals surface area contributed by atoms with Gasteiger partial charge < -0.3 is 19.3 Å². The first kappa shape index (κ1) is 32.2. The predicted octanol–water partition coefficient (Wildman–Crippen LogP) is 5.41. The number of halogens is 1. The van der Waals surface area contributed by atoms with Crippen LogP contribution in [0.4, 0.5) is 0 Å². The molecule has 0 radical (unpaired) electrons. The molecule has 0 bridgehead atoms. The standard InChI is InChI=1S/C33H38BrN3O6/c1-32(2,3)43-28(39)18-19-33(31(40)37-35-22-23-10-5-4-6-11-23)29(26-12-7-8-13-27(26)34)42-30(36-33)24-14-16-25(17-15-24)41-21-9-20-38/h4-8,10-17,29,35,38H,9,18-22H2,1-3H3,(H,37,40)/t29-,33-/m0/s1. The van der Waals surface area contributed by atoms with Crippen LogP contribution in [0.2, 0.25) is 0 Å². The number of aliphatic imine (C=N–C) groups is 1. The van der Waals surface area contributed by atoms with Crippen molar-refractivity contribution in [3.05, 3.63) is 100 Å². The summed E-state index contributed by atoms with van der Waals surface area (Å²) in [5, 5.41) is 9.03. The van der Waals surface area contributed by atoms with Gasteiger partial charge in [-0.15, -0.1) is 0 Å². The molecule has 0 aromatic heterocycles. The molecule has 0 saturated heterocycles. The van der Waals surface area contributed by atoms with Gasteiger partial charge in [-0.3, -0.25) is 15.0 Å². The molecule has 1 heterocycles. The molecule has 0 unspecified atom stereocenters. The van der Waals surface area contributed by atoms with Gasteiger partial charge in [0.25, 0.3) is 5.91 Å². The maximum Gasteiger partial charge on any atom is 0.306 e. The van der Waals surface area contributed by atoms with Crippen LogP contribution >= 0.6 is 15.9 Å². The molecule has 3 aromatic rings. The first-order valence-corrected chi connectivity index (χ1v) is 15.0. The van der Waals surface area contributed by atoms with E-state index in [2.05, 4.69) is 26.8 Å². The number of carbonyl (C=O) groups excluding carboxylic acids is 2. The second kappa shape index (κ2) is 14.6. The third-order valence-corrected chi connectivity index (χ3v) is 7.41. The monoisotopic (exact) mass is 651 g/mol. The quantitative estimate of drug-likeness (QED) is 0.128. The molecule has 9 nitrogen and oxygen atoms in total. The third-order valence-electron chi connectivity index (χ3n) is 6.69. The molecule has 0 aliphatic carbocycles. The Morgan fingerprint density at radius 1 is 1.02 bits per heavy atom. The molecular formula is C33H38BrN3O6. The van der Waals surface area contributed by atoms with Gasteiger partial charge in [0.05, 0.1) is 6.61 Å². The van der Waals surface area contributed by atoms with Crippen molar-refractivity contribution in [3.8, 4) is 5.75 Å². The number of nitrogens with one attached hydrogen (secondary N) is 2. The average Bonchev–Trinajstić information content (AvgIpc) is 3.37. The van der Waals surface area contributed by atoms with E-state index >= 15 is 0 Å². The fourth-order valence-electron chi connectivity index (χ4n) is 4.65. The lowest BCUT2D eigenvalue weighted by Crippen LogP contribution is -2.52. The number of benzene rings is 3. The van der Waals surface area contributed by atoms with Gasteiger partial charge in [0.15, 0.2) is 11.6 Å². The van der Waals surface area contributed by atoms with Crippen LogP contribution in [0, 0.1) is 0 Å². The highest BCUT2D eigenvalue weighted by atomic mass is 79.9. The lowest BCUT2D eigenvalue weighted by atomic mass is 9.83. The molecule has 43 heavy (non-hydrogen) atoms. The molecule has 3 aromatic carbocycles. The summed E-state index contributed by atoms with van der Waals surface area (Å²) in [5.74, 6) is 0.0322. The topological polar surface area (TPSA) is 118 Å². The Hall–Kier alpha value is -3.73. The summed E-state index contributed by atoms with van der Waals surface area (Å²) in [6.07, 6.45) is -0.334. The minimum atomic E-state index is -1.50. The van der Waals surface area contributed by atoms with Crippen molar-refractivity contribution >= 4 is 33.7 Å². The zero-order valence-electron chi connectivity index (χ0n) is 24.6. The molecule has 1 aliphatic rings. The van der Waals surface area contributed by atoms with Gasteiger partial charge in [-0.2, -0.15) is 0 Å². The lowest BCUT2D eigenvalue weighted by molar-refractivity contribution is -0.155. The van der Waals surface area contributed by atoms with E-state index in [4.69, 9.17) is 24.3 Å². The van der Waals surface area contributed by atoms with Gasteiger partial charge in [-0.05, 0) is 63.1 Å². The van der Waals surface area contributed by atoms with Gasteiger partial charge in [0.1, 0.15) is 11.4 Å². The number of aliphatic hydroxyl groups is 1. The normalized spacial score (nSPS) is 18.0. The molecule has 10 heteroatoms. The van der Waals surface area contributed by atoms with E-state index < -0.39 is 29.1 Å². The number of hydrogen-bond donors (Lipinski definition) is 3.